The molecule has 0 aliphatic carbocycles. The molecular formula is C20H18N6. The Morgan fingerprint density at radius 3 is 2.23 bits per heavy atom. The molecule has 2 N–H and O–H groups in total. The standard InChI is InChI=1S/C20H18N6/c1-26(2)20-24-18(23-19(22)25-20)17(13-21)12-14-8-10-16(11-9-14)15-6-4-3-5-7-15/h3-12H,1-2H3,(H2,22,23,24,25)/b17-12+. The lowest BCUT2D eigenvalue weighted by molar-refractivity contribution is 0.952. The monoisotopic (exact) mass is 342 g/mol. The van der Waals surface area contributed by atoms with Gasteiger partial charge in [0.25, 0.3) is 0 Å². The third-order valence-corrected chi connectivity index (χ3v) is 3.73. The first-order chi connectivity index (χ1) is 12.6. The van der Waals surface area contributed by atoms with Gasteiger partial charge in [0.05, 0.1) is 5.57 Å². The molecule has 128 valence electrons. The Labute approximate surface area is 152 Å². The summed E-state index contributed by atoms with van der Waals surface area (Å²) in [5.74, 6) is 0.753. The zero-order valence-electron chi connectivity index (χ0n) is 14.6. The molecule has 1 aromatic heterocycles. The summed E-state index contributed by atoms with van der Waals surface area (Å²) in [6.45, 7) is 0. The summed E-state index contributed by atoms with van der Waals surface area (Å²) in [6, 6.07) is 20.2. The number of rotatable bonds is 4. The minimum atomic E-state index is 0.0827. The Kier molecular flexibility index (Phi) is 4.90. The molecule has 6 heteroatoms. The molecule has 3 aromatic rings. The fourth-order valence-electron chi connectivity index (χ4n) is 2.42. The highest BCUT2D eigenvalue weighted by Crippen LogP contribution is 2.22. The molecule has 6 nitrogen and oxygen atoms in total. The van der Waals surface area contributed by atoms with Gasteiger partial charge in [0.15, 0.2) is 5.82 Å². The first-order valence-corrected chi connectivity index (χ1v) is 8.03. The second-order valence-electron chi connectivity index (χ2n) is 5.87. The summed E-state index contributed by atoms with van der Waals surface area (Å²) in [4.78, 5) is 14.1. The van der Waals surface area contributed by atoms with Gasteiger partial charge in [-0.2, -0.15) is 20.2 Å². The van der Waals surface area contributed by atoms with Gasteiger partial charge in [0.2, 0.25) is 11.9 Å². The first-order valence-electron chi connectivity index (χ1n) is 8.03. The summed E-state index contributed by atoms with van der Waals surface area (Å²) in [5.41, 5.74) is 9.21. The molecule has 0 spiro atoms. The van der Waals surface area contributed by atoms with Crippen LogP contribution < -0.4 is 10.6 Å². The molecule has 0 saturated heterocycles. The van der Waals surface area contributed by atoms with E-state index in [2.05, 4.69) is 33.2 Å². The highest BCUT2D eigenvalue weighted by Gasteiger charge is 2.10. The van der Waals surface area contributed by atoms with Crippen molar-refractivity contribution < 1.29 is 0 Å². The Hall–Kier alpha value is -3.72. The van der Waals surface area contributed by atoms with Gasteiger partial charge in [0, 0.05) is 14.1 Å². The molecule has 3 rings (SSSR count). The molecule has 1 heterocycles. The molecule has 0 aliphatic rings. The quantitative estimate of drug-likeness (QED) is 0.732. The van der Waals surface area contributed by atoms with Crippen LogP contribution >= 0.6 is 0 Å². The van der Waals surface area contributed by atoms with Crippen molar-refractivity contribution in [3.05, 3.63) is 66.0 Å². The summed E-state index contributed by atoms with van der Waals surface area (Å²) in [5, 5.41) is 9.52. The zero-order chi connectivity index (χ0) is 18.5. The average Bonchev–Trinajstić information content (AvgIpc) is 2.66. The van der Waals surface area contributed by atoms with Crippen LogP contribution in [-0.4, -0.2) is 29.0 Å². The third-order valence-electron chi connectivity index (χ3n) is 3.73. The van der Waals surface area contributed by atoms with Crippen LogP contribution in [0.3, 0.4) is 0 Å². The Bertz CT molecular complexity index is 969. The molecule has 26 heavy (non-hydrogen) atoms. The highest BCUT2D eigenvalue weighted by molar-refractivity contribution is 5.87. The van der Waals surface area contributed by atoms with Gasteiger partial charge in [-0.15, -0.1) is 0 Å². The molecule has 2 aromatic carbocycles. The smallest absolute Gasteiger partial charge is 0.230 e. The second-order valence-corrected chi connectivity index (χ2v) is 5.87. The maximum absolute atomic E-state index is 9.52. The normalized spacial score (nSPS) is 11.0. The van der Waals surface area contributed by atoms with E-state index in [4.69, 9.17) is 5.73 Å². The second kappa shape index (κ2) is 7.45. The maximum Gasteiger partial charge on any atom is 0.230 e. The number of nitrogens with two attached hydrogens (primary N) is 1. The van der Waals surface area contributed by atoms with Crippen LogP contribution in [0.4, 0.5) is 11.9 Å². The summed E-state index contributed by atoms with van der Waals surface area (Å²) >= 11 is 0. The fourth-order valence-corrected chi connectivity index (χ4v) is 2.42. The van der Waals surface area contributed by atoms with Crippen molar-refractivity contribution in [2.24, 2.45) is 0 Å². The lowest BCUT2D eigenvalue weighted by atomic mass is 10.0. The van der Waals surface area contributed by atoms with Gasteiger partial charge < -0.3 is 10.6 Å². The summed E-state index contributed by atoms with van der Waals surface area (Å²) in [7, 11) is 3.60. The van der Waals surface area contributed by atoms with Gasteiger partial charge >= 0.3 is 0 Å². The van der Waals surface area contributed by atoms with E-state index in [1.807, 2.05) is 42.5 Å². The minimum Gasteiger partial charge on any atom is -0.368 e. The highest BCUT2D eigenvalue weighted by atomic mass is 15.3. The zero-order valence-corrected chi connectivity index (χ0v) is 14.6. The van der Waals surface area contributed by atoms with Gasteiger partial charge in [-0.3, -0.25) is 0 Å². The van der Waals surface area contributed by atoms with Crippen LogP contribution in [0.25, 0.3) is 22.8 Å². The predicted octanol–water partition coefficient (Wildman–Crippen LogP) is 3.25. The van der Waals surface area contributed by atoms with Crippen LogP contribution in [0.5, 0.6) is 0 Å². The van der Waals surface area contributed by atoms with E-state index >= 15 is 0 Å². The molecule has 0 saturated carbocycles. The lowest BCUT2D eigenvalue weighted by Crippen LogP contribution is -2.15. The van der Waals surface area contributed by atoms with Crippen molar-refractivity contribution >= 4 is 23.5 Å². The van der Waals surface area contributed by atoms with E-state index < -0.39 is 0 Å². The van der Waals surface area contributed by atoms with E-state index in [0.29, 0.717) is 11.5 Å². The summed E-state index contributed by atoms with van der Waals surface area (Å²) < 4.78 is 0. The van der Waals surface area contributed by atoms with Crippen LogP contribution in [0, 0.1) is 11.3 Å². The van der Waals surface area contributed by atoms with Crippen LogP contribution in [-0.2, 0) is 0 Å². The van der Waals surface area contributed by atoms with Crippen LogP contribution in [0.15, 0.2) is 54.6 Å². The number of nitrogens with zero attached hydrogens (tertiary/aromatic N) is 5. The maximum atomic E-state index is 9.52. The van der Waals surface area contributed by atoms with E-state index in [1.54, 1.807) is 25.1 Å². The molecule has 0 bridgehead atoms. The average molecular weight is 342 g/mol. The lowest BCUT2D eigenvalue weighted by Gasteiger charge is -2.11. The van der Waals surface area contributed by atoms with Crippen LogP contribution in [0.2, 0.25) is 0 Å². The summed E-state index contributed by atoms with van der Waals surface area (Å²) in [6.07, 6.45) is 1.74. The number of nitrogen functional groups attached to an aromatic ring is 1. The minimum absolute atomic E-state index is 0.0827. The molecule has 0 aliphatic heterocycles. The van der Waals surface area contributed by atoms with Gasteiger partial charge in [-0.1, -0.05) is 54.6 Å². The Balaban J connectivity index is 1.94. The third kappa shape index (κ3) is 3.84. The number of hydrogen-bond acceptors (Lipinski definition) is 6. The molecular weight excluding hydrogens is 324 g/mol. The van der Waals surface area contributed by atoms with Crippen molar-refractivity contribution in [3.63, 3.8) is 0 Å². The molecule has 0 fully saturated rings. The number of aromatic nitrogens is 3. The van der Waals surface area contributed by atoms with Crippen molar-refractivity contribution in [2.75, 3.05) is 24.7 Å². The van der Waals surface area contributed by atoms with E-state index in [-0.39, 0.29) is 11.8 Å². The van der Waals surface area contributed by atoms with Crippen molar-refractivity contribution in [3.8, 4) is 17.2 Å². The number of benzene rings is 2. The van der Waals surface area contributed by atoms with Gasteiger partial charge in [0.1, 0.15) is 6.07 Å². The molecule has 0 amide bonds. The Morgan fingerprint density at radius 2 is 1.62 bits per heavy atom. The molecule has 0 unspecified atom stereocenters. The SMILES string of the molecule is CN(C)c1nc(N)nc(/C(C#N)=C/c2ccc(-c3ccccc3)cc2)n1. The van der Waals surface area contributed by atoms with Gasteiger partial charge in [-0.25, -0.2) is 0 Å². The van der Waals surface area contributed by atoms with Gasteiger partial charge in [-0.05, 0) is 22.8 Å². The number of nitriles is 1. The number of anilines is 2. The number of allylic oxidation sites excluding steroid dienone is 1. The van der Waals surface area contributed by atoms with Crippen LogP contribution in [0.1, 0.15) is 11.4 Å². The fraction of sp³-hybridized carbons (Fsp3) is 0.100. The number of hydrogen-bond donors (Lipinski definition) is 1. The van der Waals surface area contributed by atoms with Crippen molar-refractivity contribution in [2.45, 2.75) is 0 Å². The molecule has 0 radical (unpaired) electrons. The van der Waals surface area contributed by atoms with Crippen molar-refractivity contribution in [1.82, 2.24) is 15.0 Å². The van der Waals surface area contributed by atoms with E-state index in [9.17, 15) is 5.26 Å². The van der Waals surface area contributed by atoms with E-state index in [1.165, 1.54) is 0 Å². The largest absolute Gasteiger partial charge is 0.368 e. The predicted molar refractivity (Wildman–Crippen MR) is 104 cm³/mol. The van der Waals surface area contributed by atoms with Crippen molar-refractivity contribution in [1.29, 1.82) is 5.26 Å². The first kappa shape index (κ1) is 17.1. The molecule has 0 atom stereocenters. The Morgan fingerprint density at radius 1 is 0.962 bits per heavy atom. The van der Waals surface area contributed by atoms with E-state index in [0.717, 1.165) is 16.7 Å². The topological polar surface area (TPSA) is 91.7 Å².